The number of urea groups is 2. The number of ether oxygens (including phenoxy) is 4. The Morgan fingerprint density at radius 3 is 1.25 bits per heavy atom. The number of benzene rings is 4. The Morgan fingerprint density at radius 1 is 0.517 bits per heavy atom. The molecule has 6 N–H and O–H groups in total. The number of nitrogens with one attached hydrogen (secondary N) is 4. The van der Waals surface area contributed by atoms with Gasteiger partial charge in [-0.15, -0.1) is 3.71 Å². The number of pyridine rings is 1. The molecule has 2 spiro atoms. The van der Waals surface area contributed by atoms with Crippen LogP contribution in [0, 0.1) is 27.7 Å². The largest absolute Gasteiger partial charge is 0.517 e. The van der Waals surface area contributed by atoms with Crippen LogP contribution in [-0.4, -0.2) is 198 Å². The number of likely N-dealkylation sites (tertiary alicyclic amines) is 2. The Kier molecular flexibility index (Phi) is 31.1. The summed E-state index contributed by atoms with van der Waals surface area (Å²) in [6.07, 6.45) is 18.6. The van der Waals surface area contributed by atoms with E-state index in [-0.39, 0.29) is 61.6 Å². The van der Waals surface area contributed by atoms with Crippen molar-refractivity contribution in [3.05, 3.63) is 175 Å². The molecule has 45 heteroatoms. The number of halogens is 7. The summed E-state index contributed by atoms with van der Waals surface area (Å²) in [5.41, 5.74) is 1.42. The van der Waals surface area contributed by atoms with Gasteiger partial charge < -0.3 is 39.8 Å². The number of nitrogens with zero attached hydrogens (tertiary/aromatic N) is 14. The first-order valence-electron chi connectivity index (χ1n) is 35.1. The molecule has 118 heavy (non-hydrogen) atoms. The van der Waals surface area contributed by atoms with Gasteiger partial charge in [-0.25, -0.2) is 59.0 Å². The Labute approximate surface area is 693 Å². The first-order valence-corrected chi connectivity index (χ1v) is 41.7. The van der Waals surface area contributed by atoms with Crippen LogP contribution in [0.5, 0.6) is 0 Å². The normalized spacial score (nSPS) is 15.5. The average Bonchev–Trinajstić information content (AvgIpc) is 0.880. The number of alkyl halides is 6. The third kappa shape index (κ3) is 23.8. The van der Waals surface area contributed by atoms with Crippen molar-refractivity contribution >= 4 is 174 Å². The van der Waals surface area contributed by atoms with Crippen molar-refractivity contribution in [1.82, 2.24) is 68.7 Å². The lowest BCUT2D eigenvalue weighted by Gasteiger charge is -2.37. The molecule has 0 bridgehead atoms. The van der Waals surface area contributed by atoms with E-state index in [9.17, 15) is 67.2 Å². The van der Waals surface area contributed by atoms with Gasteiger partial charge >= 0.3 is 55.2 Å². The number of aromatic nitrogens is 11. The van der Waals surface area contributed by atoms with E-state index < -0.39 is 46.4 Å². The molecular formula is C73H82ClF6N19O13S6. The molecule has 5 aliphatic rings. The summed E-state index contributed by atoms with van der Waals surface area (Å²) in [4.78, 5) is 93.9. The number of nitrogens with two attached hydrogens (primary N) is 1. The Morgan fingerprint density at radius 2 is 0.881 bits per heavy atom. The highest BCUT2D eigenvalue weighted by Crippen LogP contribution is 2.39. The predicted octanol–water partition coefficient (Wildman–Crippen LogP) is 15.1. The number of carbonyl (C=O) groups excluding carboxylic acids is 5. The highest BCUT2D eigenvalue weighted by molar-refractivity contribution is 8.11. The second kappa shape index (κ2) is 40.0. The standard InChI is InChI=1S/C16H19N3O3S.C14H15N3O2S.C12H10N4OS.C8H8N2S.C7H3ClF6N2O4S2.C7H6N4O.C7H13NO2.2CH4/c1-11-2-3-12-13(10-11)23-14(17-12)18-15(20)19-6-4-16(5-7-19)21-8-9-22-16;1-9-2-3-11-12(8-9)20-13(15-11)16-14(19)17-6-4-10(18)5-7-17;1-8-2-3-9-10(6-8)18-11(14-9)15-12(17)16-5-4-13-7-16;1-5-2-3-6-7(4-5)11-8(9)10-6;8-4-1-2-5(15-3-4)16(21(17,18)6(9,10)11)22(19,20)7(12,13)14;12-7(10-3-1-8-5-10)11-4-2-9-6-11;1-3-8-4-2-7(1)9-5-6-10-7;;/h2-3,10H,4-9H2,1H3,(H,17,18,20);2-3,8H,4-7H2,1H3,(H,15,16,19);2-7H,1H3,(H,14,15,17);2-4H,1H3,(H2,9,10);1-3H;1-6H;8H,1-6H2;2*1H4. The quantitative estimate of drug-likeness (QED) is 0.0965. The Hall–Kier alpha value is -10.3. The molecule has 5 aliphatic heterocycles. The minimum atomic E-state index is -6.93. The van der Waals surface area contributed by atoms with Gasteiger partial charge in [0, 0.05) is 121 Å². The van der Waals surface area contributed by atoms with E-state index in [1.165, 1.54) is 105 Å². The summed E-state index contributed by atoms with van der Waals surface area (Å²) in [5.74, 6) is -2.06. The van der Waals surface area contributed by atoms with Crippen LogP contribution < -0.4 is 30.7 Å². The van der Waals surface area contributed by atoms with Crippen LogP contribution in [0.4, 0.5) is 71.9 Å². The van der Waals surface area contributed by atoms with Gasteiger partial charge in [0.1, 0.15) is 24.8 Å². The summed E-state index contributed by atoms with van der Waals surface area (Å²) < 4.78 is 149. The maximum atomic E-state index is 12.5. The maximum absolute atomic E-state index is 12.5. The number of Topliss-reactive ketones (excluding diaryl/α,β-unsaturated/α-hetero) is 1. The predicted molar refractivity (Wildman–Crippen MR) is 440 cm³/mol. The van der Waals surface area contributed by atoms with Gasteiger partial charge in [-0.3, -0.25) is 34.4 Å². The third-order valence-electron chi connectivity index (χ3n) is 17.4. The number of carbonyl (C=O) groups is 5. The van der Waals surface area contributed by atoms with Crippen molar-refractivity contribution in [2.24, 2.45) is 0 Å². The summed E-state index contributed by atoms with van der Waals surface area (Å²) in [6.45, 7) is 15.3. The van der Waals surface area contributed by atoms with Crippen molar-refractivity contribution in [1.29, 1.82) is 0 Å². The molecule has 5 saturated heterocycles. The van der Waals surface area contributed by atoms with Crippen LogP contribution in [0.3, 0.4) is 0 Å². The van der Waals surface area contributed by atoms with E-state index in [0.717, 1.165) is 88.2 Å². The molecule has 5 amide bonds. The molecule has 8 aromatic heterocycles. The number of nitrogen functional groups attached to an aromatic ring is 1. The van der Waals surface area contributed by atoms with E-state index in [1.54, 1.807) is 47.0 Å². The number of piperidine rings is 3. The molecule has 0 unspecified atom stereocenters. The fraction of sp³-hybridized carbons (Fsp3) is 0.356. The van der Waals surface area contributed by atoms with Crippen molar-refractivity contribution in [2.75, 3.05) is 91.1 Å². The van der Waals surface area contributed by atoms with Gasteiger partial charge in [-0.2, -0.15) is 43.2 Å². The lowest BCUT2D eigenvalue weighted by atomic mass is 10.0. The number of aryl methyl sites for hydroxylation is 4. The van der Waals surface area contributed by atoms with Crippen molar-refractivity contribution in [2.45, 2.75) is 104 Å². The molecule has 32 nitrogen and oxygen atoms in total. The number of thiazole rings is 4. The smallest absolute Gasteiger partial charge is 0.375 e. The fourth-order valence-electron chi connectivity index (χ4n) is 11.5. The fourth-order valence-corrected chi connectivity index (χ4v) is 17.9. The number of rotatable bonds is 6. The molecule has 0 saturated carbocycles. The topological polar surface area (TPSA) is 392 Å². The summed E-state index contributed by atoms with van der Waals surface area (Å²) in [5, 5.41) is 14.0. The van der Waals surface area contributed by atoms with Crippen molar-refractivity contribution in [3.8, 4) is 0 Å². The number of imidazole rings is 3. The maximum Gasteiger partial charge on any atom is 0.517 e. The number of ketones is 1. The molecule has 0 aliphatic carbocycles. The van der Waals surface area contributed by atoms with Gasteiger partial charge in [-0.05, 0) is 111 Å². The van der Waals surface area contributed by atoms with Crippen LogP contribution >= 0.6 is 56.9 Å². The zero-order valence-electron chi connectivity index (χ0n) is 61.9. The van der Waals surface area contributed by atoms with E-state index in [4.69, 9.17) is 36.3 Å². The highest BCUT2D eigenvalue weighted by atomic mass is 35.5. The van der Waals surface area contributed by atoms with Crippen LogP contribution in [0.15, 0.2) is 147 Å². The second-order valence-corrected chi connectivity index (χ2v) is 34.3. The molecular weight excluding hydrogens is 1690 g/mol. The lowest BCUT2D eigenvalue weighted by molar-refractivity contribution is -0.181. The first-order chi connectivity index (χ1) is 55.1. The Bertz CT molecular complexity index is 5520. The summed E-state index contributed by atoms with van der Waals surface area (Å²) in [7, 11) is -13.9. The number of hydrogen-bond donors (Lipinski definition) is 5. The van der Waals surface area contributed by atoms with E-state index in [2.05, 4.69) is 92.3 Å². The van der Waals surface area contributed by atoms with Gasteiger partial charge in [0.25, 0.3) is 0 Å². The minimum absolute atomic E-state index is 0. The number of anilines is 5. The van der Waals surface area contributed by atoms with Gasteiger partial charge in [0.2, 0.25) is 0 Å². The summed E-state index contributed by atoms with van der Waals surface area (Å²) >= 11 is 11.3. The Balaban J connectivity index is 0.000000159. The van der Waals surface area contributed by atoms with Crippen LogP contribution in [-0.2, 0) is 43.8 Å². The average molecular weight is 1780 g/mol. The molecule has 0 radical (unpaired) electrons. The van der Waals surface area contributed by atoms with E-state index >= 15 is 0 Å². The summed E-state index contributed by atoms with van der Waals surface area (Å²) in [6, 6.07) is 24.5. The lowest BCUT2D eigenvalue weighted by Crippen LogP contribution is -2.49. The van der Waals surface area contributed by atoms with Crippen LogP contribution in [0.2, 0.25) is 5.02 Å². The zero-order chi connectivity index (χ0) is 83.2. The molecule has 0 atom stereocenters. The molecule has 17 rings (SSSR count). The number of amides is 5. The molecule has 632 valence electrons. The molecule has 12 aromatic rings. The number of sulfonamides is 2. The second-order valence-electron chi connectivity index (χ2n) is 25.9. The van der Waals surface area contributed by atoms with Crippen molar-refractivity contribution < 1.29 is 86.1 Å². The van der Waals surface area contributed by atoms with Gasteiger partial charge in [0.05, 0.1) is 72.3 Å². The molecule has 4 aromatic carbocycles. The number of hydrogen-bond acceptors (Lipinski definition) is 27. The third-order valence-corrected chi connectivity index (χ3v) is 24.8. The first kappa shape index (κ1) is 91.6. The monoisotopic (exact) mass is 1770 g/mol. The van der Waals surface area contributed by atoms with E-state index in [1.807, 2.05) is 69.3 Å². The van der Waals surface area contributed by atoms with Gasteiger partial charge in [0.15, 0.2) is 37.9 Å². The number of fused-ring (bicyclic) bond motifs is 4. The van der Waals surface area contributed by atoms with Crippen LogP contribution in [0.25, 0.3) is 40.9 Å². The SMILES string of the molecule is C.C.C1CC2(CCN1)OCCO2.Cc1ccc2nc(N)sc2c1.Cc1ccc2nc(NC(=O)N3CCC(=O)CC3)sc2c1.Cc1ccc2nc(NC(=O)N3CCC4(CC3)OCCO4)sc2c1.Cc1ccc2nc(NC(=O)n3ccnc3)sc2c1.O=C(n1ccnc1)n1ccnc1.O=S(=O)(N(c1ccc(Cl)cn1)S(=O)(=O)C(F)(F)F)C(F)(F)F. The van der Waals surface area contributed by atoms with E-state index in [0.29, 0.717) is 85.0 Å². The van der Waals surface area contributed by atoms with Crippen LogP contribution in [0.1, 0.15) is 75.6 Å². The minimum Gasteiger partial charge on any atom is -0.375 e. The highest BCUT2D eigenvalue weighted by Gasteiger charge is 2.62. The molecule has 13 heterocycles. The van der Waals surface area contributed by atoms with Gasteiger partial charge in [-0.1, -0.05) is 96.1 Å². The zero-order valence-corrected chi connectivity index (χ0v) is 67.6. The molecule has 5 fully saturated rings. The van der Waals surface area contributed by atoms with Crippen molar-refractivity contribution in [3.63, 3.8) is 0 Å².